The van der Waals surface area contributed by atoms with Gasteiger partial charge < -0.3 is 29.2 Å². The maximum atomic E-state index is 13.0. The van der Waals surface area contributed by atoms with Crippen molar-refractivity contribution in [1.29, 1.82) is 0 Å². The smallest absolute Gasteiger partial charge is 0.407 e. The third kappa shape index (κ3) is 9.65. The van der Waals surface area contributed by atoms with Crippen LogP contribution in [0.25, 0.3) is 11.1 Å². The molecule has 1 aliphatic rings. The van der Waals surface area contributed by atoms with Crippen molar-refractivity contribution in [2.75, 3.05) is 46.8 Å². The van der Waals surface area contributed by atoms with E-state index in [1.54, 1.807) is 20.2 Å². The van der Waals surface area contributed by atoms with Crippen molar-refractivity contribution in [1.82, 2.24) is 10.2 Å². The van der Waals surface area contributed by atoms with Crippen molar-refractivity contribution in [3.8, 4) is 11.1 Å². The molecule has 0 fully saturated rings. The average molecular weight is 687 g/mol. The van der Waals surface area contributed by atoms with Crippen LogP contribution >= 0.6 is 33.2 Å². The van der Waals surface area contributed by atoms with Gasteiger partial charge in [-0.25, -0.2) is 14.4 Å². The molecule has 0 spiro atoms. The van der Waals surface area contributed by atoms with Crippen LogP contribution in [0.15, 0.2) is 71.6 Å². The van der Waals surface area contributed by atoms with Gasteiger partial charge in [-0.3, -0.25) is 4.79 Å². The average Bonchev–Trinajstić information content (AvgIpc) is 3.37. The molecule has 46 heavy (non-hydrogen) atoms. The Hall–Kier alpha value is -3.71. The molecule has 3 aromatic rings. The number of hydrogen-bond donors (Lipinski definition) is 1. The lowest BCUT2D eigenvalue weighted by atomic mass is 9.98. The molecule has 1 N–H and O–H groups in total. The van der Waals surface area contributed by atoms with Crippen molar-refractivity contribution in [3.63, 3.8) is 0 Å². The van der Waals surface area contributed by atoms with Crippen molar-refractivity contribution in [3.05, 3.63) is 89.0 Å². The Bertz CT molecular complexity index is 1510. The first-order valence-corrected chi connectivity index (χ1v) is 17.1. The van der Waals surface area contributed by atoms with E-state index in [0.717, 1.165) is 38.3 Å². The van der Waals surface area contributed by atoms with Gasteiger partial charge in [0, 0.05) is 42.3 Å². The number of ether oxygens (including phenoxy) is 4. The van der Waals surface area contributed by atoms with E-state index >= 15 is 0 Å². The van der Waals surface area contributed by atoms with E-state index in [0.29, 0.717) is 6.42 Å². The van der Waals surface area contributed by atoms with Gasteiger partial charge in [-0.05, 0) is 45.9 Å². The second kappa shape index (κ2) is 17.3. The van der Waals surface area contributed by atoms with E-state index in [1.165, 1.54) is 33.6 Å². The highest BCUT2D eigenvalue weighted by Gasteiger charge is 2.30. The Kier molecular flexibility index (Phi) is 13.2. The zero-order chi connectivity index (χ0) is 33.1. The molecule has 1 unspecified atom stereocenters. The summed E-state index contributed by atoms with van der Waals surface area (Å²) in [6, 6.07) is 20.9. The molecule has 244 valence electrons. The molecular formula is C33H35ClN2O8S2. The maximum absolute atomic E-state index is 13.0. The molecule has 0 radical (unpaired) electrons. The highest BCUT2D eigenvalue weighted by atomic mass is 35.5. The SMILES string of the molecule is COC(=O)COCCc1cc(COC(=O)Cl)ccc1SSCC(NC(=O)OCC1c2ccccc2-c2ccccc21)C(=O)N(C)C. The lowest BCUT2D eigenvalue weighted by Gasteiger charge is -2.22. The molecule has 4 rings (SSSR count). The van der Waals surface area contributed by atoms with E-state index in [2.05, 4.69) is 22.2 Å². The van der Waals surface area contributed by atoms with Gasteiger partial charge >= 0.3 is 17.5 Å². The van der Waals surface area contributed by atoms with Gasteiger partial charge in [0.15, 0.2) is 0 Å². The fourth-order valence-electron chi connectivity index (χ4n) is 4.97. The number of nitrogens with zero attached hydrogens (tertiary/aromatic N) is 1. The second-order valence-electron chi connectivity index (χ2n) is 10.5. The fraction of sp³-hybridized carbons (Fsp3) is 0.333. The number of amides is 2. The van der Waals surface area contributed by atoms with E-state index < -0.39 is 23.5 Å². The van der Waals surface area contributed by atoms with Gasteiger partial charge in [0.05, 0.1) is 13.7 Å². The van der Waals surface area contributed by atoms with Crippen molar-refractivity contribution >= 4 is 56.6 Å². The number of fused-ring (bicyclic) bond motifs is 3. The lowest BCUT2D eigenvalue weighted by molar-refractivity contribution is -0.145. The molecule has 0 heterocycles. The molecule has 3 aromatic carbocycles. The van der Waals surface area contributed by atoms with Crippen LogP contribution in [0.3, 0.4) is 0 Å². The summed E-state index contributed by atoms with van der Waals surface area (Å²) in [6.07, 6.45) is -0.213. The summed E-state index contributed by atoms with van der Waals surface area (Å²) in [5.41, 5.74) is 5.16. The van der Waals surface area contributed by atoms with Gasteiger partial charge in [-0.2, -0.15) is 0 Å². The zero-order valence-electron chi connectivity index (χ0n) is 25.7. The first-order chi connectivity index (χ1) is 22.2. The third-order valence-corrected chi connectivity index (χ3v) is 9.77. The van der Waals surface area contributed by atoms with Crippen LogP contribution in [0.4, 0.5) is 9.59 Å². The molecule has 2 amide bonds. The van der Waals surface area contributed by atoms with E-state index in [4.69, 9.17) is 25.8 Å². The third-order valence-electron chi connectivity index (χ3n) is 7.20. The monoisotopic (exact) mass is 686 g/mol. The summed E-state index contributed by atoms with van der Waals surface area (Å²) in [5.74, 6) is -0.586. The minimum Gasteiger partial charge on any atom is -0.467 e. The molecule has 0 bridgehead atoms. The number of carbonyl (C=O) groups is 4. The number of hydrogen-bond acceptors (Lipinski definition) is 10. The summed E-state index contributed by atoms with van der Waals surface area (Å²) in [6.45, 7) is 0.210. The maximum Gasteiger partial charge on any atom is 0.407 e. The fourth-order valence-corrected chi connectivity index (χ4v) is 7.45. The number of methoxy groups -OCH3 is 1. The number of halogens is 1. The van der Waals surface area contributed by atoms with E-state index in [9.17, 15) is 19.2 Å². The molecule has 13 heteroatoms. The van der Waals surface area contributed by atoms with Gasteiger partial charge in [-0.15, -0.1) is 0 Å². The summed E-state index contributed by atoms with van der Waals surface area (Å²) >= 11 is 5.32. The second-order valence-corrected chi connectivity index (χ2v) is 13.2. The minimum atomic E-state index is -0.905. The Morgan fingerprint density at radius 1 is 0.957 bits per heavy atom. The Morgan fingerprint density at radius 2 is 1.63 bits per heavy atom. The van der Waals surface area contributed by atoms with Gasteiger partial charge in [0.2, 0.25) is 5.91 Å². The van der Waals surface area contributed by atoms with Crippen LogP contribution in [0.1, 0.15) is 28.2 Å². The molecule has 0 aliphatic heterocycles. The van der Waals surface area contributed by atoms with E-state index in [1.807, 2.05) is 48.5 Å². The van der Waals surface area contributed by atoms with Crippen LogP contribution in [0.5, 0.6) is 0 Å². The largest absolute Gasteiger partial charge is 0.467 e. The predicted octanol–water partition coefficient (Wildman–Crippen LogP) is 6.03. The molecule has 1 atom stereocenters. The highest BCUT2D eigenvalue weighted by molar-refractivity contribution is 8.76. The highest BCUT2D eigenvalue weighted by Crippen LogP contribution is 2.44. The quantitative estimate of drug-likeness (QED) is 0.0667. The number of esters is 1. The number of rotatable bonds is 15. The van der Waals surface area contributed by atoms with Crippen LogP contribution in [0, 0.1) is 0 Å². The number of likely N-dealkylation sites (N-methyl/N-ethyl adjacent to an activating group) is 1. The van der Waals surface area contributed by atoms with Gasteiger partial charge in [0.1, 0.15) is 25.9 Å². The summed E-state index contributed by atoms with van der Waals surface area (Å²) < 4.78 is 20.6. The van der Waals surface area contributed by atoms with Crippen molar-refractivity contribution < 1.29 is 38.1 Å². The summed E-state index contributed by atoms with van der Waals surface area (Å²) in [7, 11) is 7.36. The first-order valence-electron chi connectivity index (χ1n) is 14.4. The van der Waals surface area contributed by atoms with Gasteiger partial charge in [-0.1, -0.05) is 82.3 Å². The van der Waals surface area contributed by atoms with Crippen LogP contribution in [-0.4, -0.2) is 81.1 Å². The molecule has 1 aliphatic carbocycles. The number of nitrogens with one attached hydrogen (secondary N) is 1. The molecule has 0 saturated carbocycles. The number of alkyl carbamates (subject to hydrolysis) is 1. The molecular weight excluding hydrogens is 652 g/mol. The molecule has 10 nitrogen and oxygen atoms in total. The van der Waals surface area contributed by atoms with Gasteiger partial charge in [0.25, 0.3) is 0 Å². The first kappa shape index (κ1) is 35.1. The topological polar surface area (TPSA) is 120 Å². The van der Waals surface area contributed by atoms with Crippen LogP contribution in [-0.2, 0) is 41.6 Å². The summed E-state index contributed by atoms with van der Waals surface area (Å²) in [5, 5.41) is 2.75. The molecule has 0 aromatic heterocycles. The standard InChI is InChI=1S/C33H35ClN2O8S2/c1-36(2)31(38)28(35-33(40)44-18-27-25-10-6-4-8-23(25)24-9-5-7-11-26(24)27)20-45-46-29-13-12-21(17-43-32(34)39)16-22(29)14-15-42-19-30(37)41-3/h4-13,16,27-28H,14-15,17-20H2,1-3H3,(H,35,40). The lowest BCUT2D eigenvalue weighted by Crippen LogP contribution is -2.48. The van der Waals surface area contributed by atoms with Crippen molar-refractivity contribution in [2.45, 2.75) is 29.9 Å². The minimum absolute atomic E-state index is 0.0000896. The Morgan fingerprint density at radius 3 is 2.26 bits per heavy atom. The molecule has 0 saturated heterocycles. The van der Waals surface area contributed by atoms with Crippen LogP contribution < -0.4 is 5.32 Å². The summed E-state index contributed by atoms with van der Waals surface area (Å²) in [4.78, 5) is 50.8. The Balaban J connectivity index is 1.37. The predicted molar refractivity (Wildman–Crippen MR) is 178 cm³/mol. The van der Waals surface area contributed by atoms with Crippen LogP contribution in [0.2, 0.25) is 0 Å². The normalized spacial score (nSPS) is 12.4. The number of carbonyl (C=O) groups excluding carboxylic acids is 4. The van der Waals surface area contributed by atoms with E-state index in [-0.39, 0.29) is 44.0 Å². The zero-order valence-corrected chi connectivity index (χ0v) is 28.0. The Labute approximate surface area is 280 Å². The van der Waals surface area contributed by atoms with Crippen molar-refractivity contribution in [2.24, 2.45) is 0 Å². The number of benzene rings is 3.